The first-order valence-electron chi connectivity index (χ1n) is 11.6. The minimum Gasteiger partial charge on any atom is -0.449 e. The first-order valence-corrected chi connectivity index (χ1v) is 11.6. The maximum Gasteiger partial charge on any atom is 0.414 e. The molecule has 2 aliphatic heterocycles. The van der Waals surface area contributed by atoms with Crippen molar-refractivity contribution in [2.45, 2.75) is 24.8 Å². The van der Waals surface area contributed by atoms with Crippen molar-refractivity contribution in [3.05, 3.63) is 60.2 Å². The SMILES string of the molecule is O=C1OCCCN1c1ccc(NCCN2CC(CN[C@@H]3C[C@H]3c3ccccc3)C2)cc1. The molecule has 1 saturated carbocycles. The molecule has 2 aromatic carbocycles. The van der Waals surface area contributed by atoms with Gasteiger partial charge in [-0.1, -0.05) is 30.3 Å². The minimum absolute atomic E-state index is 0.244. The summed E-state index contributed by atoms with van der Waals surface area (Å²) in [5, 5.41) is 7.26. The number of carbonyl (C=O) groups excluding carboxylic acids is 1. The highest BCUT2D eigenvalue weighted by molar-refractivity contribution is 5.88. The number of nitrogens with one attached hydrogen (secondary N) is 2. The van der Waals surface area contributed by atoms with Gasteiger partial charge in [0.15, 0.2) is 0 Å². The van der Waals surface area contributed by atoms with Crippen LogP contribution in [0.25, 0.3) is 0 Å². The number of anilines is 2. The monoisotopic (exact) mass is 420 g/mol. The van der Waals surface area contributed by atoms with Gasteiger partial charge >= 0.3 is 6.09 Å². The molecule has 3 aliphatic rings. The third-order valence-corrected chi connectivity index (χ3v) is 6.63. The van der Waals surface area contributed by atoms with Gasteiger partial charge in [-0.3, -0.25) is 4.90 Å². The molecule has 0 aromatic heterocycles. The van der Waals surface area contributed by atoms with Gasteiger partial charge in [-0.2, -0.15) is 0 Å². The van der Waals surface area contributed by atoms with Crippen molar-refractivity contribution in [3.63, 3.8) is 0 Å². The van der Waals surface area contributed by atoms with E-state index in [-0.39, 0.29) is 6.09 Å². The second-order valence-corrected chi connectivity index (χ2v) is 8.99. The number of carbonyl (C=O) groups is 1. The van der Waals surface area contributed by atoms with Crippen LogP contribution in [0, 0.1) is 5.92 Å². The van der Waals surface area contributed by atoms with Crippen LogP contribution in [0.15, 0.2) is 54.6 Å². The summed E-state index contributed by atoms with van der Waals surface area (Å²) < 4.78 is 5.11. The third kappa shape index (κ3) is 5.02. The van der Waals surface area contributed by atoms with Crippen LogP contribution in [-0.4, -0.2) is 62.9 Å². The van der Waals surface area contributed by atoms with E-state index in [1.54, 1.807) is 4.90 Å². The Bertz CT molecular complexity index is 867. The van der Waals surface area contributed by atoms with Gasteiger partial charge in [-0.15, -0.1) is 0 Å². The summed E-state index contributed by atoms with van der Waals surface area (Å²) in [4.78, 5) is 16.1. The highest BCUT2D eigenvalue weighted by Crippen LogP contribution is 2.40. The first kappa shape index (κ1) is 20.3. The van der Waals surface area contributed by atoms with Gasteiger partial charge in [0.05, 0.1) is 6.61 Å². The van der Waals surface area contributed by atoms with Gasteiger partial charge in [0.25, 0.3) is 0 Å². The van der Waals surface area contributed by atoms with E-state index in [1.807, 2.05) is 24.3 Å². The topological polar surface area (TPSA) is 56.8 Å². The first-order chi connectivity index (χ1) is 15.3. The zero-order valence-corrected chi connectivity index (χ0v) is 18.0. The molecule has 3 fully saturated rings. The van der Waals surface area contributed by atoms with Crippen molar-refractivity contribution >= 4 is 17.5 Å². The van der Waals surface area contributed by atoms with Gasteiger partial charge in [-0.05, 0) is 48.6 Å². The van der Waals surface area contributed by atoms with Gasteiger partial charge in [0, 0.05) is 62.6 Å². The standard InChI is InChI=1S/C25H32N4O2/c30-25-29(12-4-14-31-25)22-9-7-21(8-10-22)26-11-13-28-17-19(18-28)16-27-24-15-23(24)20-5-2-1-3-6-20/h1-3,5-10,19,23-24,26-27H,4,11-18H2/t23-,24+/m0/s1. The number of amides is 1. The molecule has 5 rings (SSSR count). The van der Waals surface area contributed by atoms with Crippen molar-refractivity contribution in [1.82, 2.24) is 10.2 Å². The Morgan fingerprint density at radius 3 is 2.61 bits per heavy atom. The summed E-state index contributed by atoms with van der Waals surface area (Å²) in [6, 6.07) is 19.6. The summed E-state index contributed by atoms with van der Waals surface area (Å²) in [5.41, 5.74) is 3.47. The van der Waals surface area contributed by atoms with E-state index in [0.717, 1.165) is 49.9 Å². The fourth-order valence-electron chi connectivity index (χ4n) is 4.70. The molecule has 164 valence electrons. The number of hydrogen-bond donors (Lipinski definition) is 2. The molecular formula is C25H32N4O2. The lowest BCUT2D eigenvalue weighted by Gasteiger charge is -2.39. The zero-order chi connectivity index (χ0) is 21.0. The zero-order valence-electron chi connectivity index (χ0n) is 18.0. The van der Waals surface area contributed by atoms with Crippen LogP contribution in [0.2, 0.25) is 0 Å². The molecule has 2 N–H and O–H groups in total. The Morgan fingerprint density at radius 1 is 1.03 bits per heavy atom. The molecule has 0 spiro atoms. The van der Waals surface area contributed by atoms with Crippen LogP contribution in [0.1, 0.15) is 24.3 Å². The highest BCUT2D eigenvalue weighted by Gasteiger charge is 2.38. The molecule has 1 aliphatic carbocycles. The summed E-state index contributed by atoms with van der Waals surface area (Å²) >= 11 is 0. The fraction of sp³-hybridized carbons (Fsp3) is 0.480. The average molecular weight is 421 g/mol. The molecule has 2 atom stereocenters. The maximum absolute atomic E-state index is 11.8. The highest BCUT2D eigenvalue weighted by atomic mass is 16.6. The molecule has 0 unspecified atom stereocenters. The van der Waals surface area contributed by atoms with Crippen LogP contribution in [0.3, 0.4) is 0 Å². The number of nitrogens with zero attached hydrogens (tertiary/aromatic N) is 2. The summed E-state index contributed by atoms with van der Waals surface area (Å²) in [6.07, 6.45) is 1.92. The van der Waals surface area contributed by atoms with Crippen molar-refractivity contribution in [2.24, 2.45) is 5.92 Å². The fourth-order valence-corrected chi connectivity index (χ4v) is 4.70. The summed E-state index contributed by atoms with van der Waals surface area (Å²) in [7, 11) is 0. The Hall–Kier alpha value is -2.57. The Balaban J connectivity index is 0.959. The normalized spacial score (nSPS) is 23.9. The van der Waals surface area contributed by atoms with Crippen LogP contribution < -0.4 is 15.5 Å². The number of likely N-dealkylation sites (tertiary alicyclic amines) is 1. The lowest BCUT2D eigenvalue weighted by Crippen LogP contribution is -2.52. The summed E-state index contributed by atoms with van der Waals surface area (Å²) in [6.45, 7) is 6.76. The van der Waals surface area contributed by atoms with Crippen molar-refractivity contribution in [2.75, 3.05) is 56.1 Å². The van der Waals surface area contributed by atoms with Crippen LogP contribution in [-0.2, 0) is 4.74 Å². The van der Waals surface area contributed by atoms with E-state index >= 15 is 0 Å². The summed E-state index contributed by atoms with van der Waals surface area (Å²) in [5.74, 6) is 1.49. The van der Waals surface area contributed by atoms with Crippen LogP contribution in [0.4, 0.5) is 16.2 Å². The number of ether oxygens (including phenoxy) is 1. The number of benzene rings is 2. The Morgan fingerprint density at radius 2 is 1.84 bits per heavy atom. The van der Waals surface area contributed by atoms with Gasteiger partial charge in [0.2, 0.25) is 0 Å². The van der Waals surface area contributed by atoms with E-state index in [0.29, 0.717) is 18.6 Å². The molecule has 1 amide bonds. The second kappa shape index (κ2) is 9.28. The molecular weight excluding hydrogens is 388 g/mol. The van der Waals surface area contributed by atoms with Crippen molar-refractivity contribution < 1.29 is 9.53 Å². The molecule has 6 heteroatoms. The van der Waals surface area contributed by atoms with Crippen LogP contribution in [0.5, 0.6) is 0 Å². The van der Waals surface area contributed by atoms with Gasteiger partial charge in [-0.25, -0.2) is 4.79 Å². The predicted octanol–water partition coefficient (Wildman–Crippen LogP) is 3.52. The number of rotatable bonds is 9. The van der Waals surface area contributed by atoms with E-state index in [1.165, 1.54) is 25.1 Å². The maximum atomic E-state index is 11.8. The molecule has 2 saturated heterocycles. The quantitative estimate of drug-likeness (QED) is 0.650. The molecule has 2 heterocycles. The third-order valence-electron chi connectivity index (χ3n) is 6.63. The van der Waals surface area contributed by atoms with Crippen molar-refractivity contribution in [1.29, 1.82) is 0 Å². The van der Waals surface area contributed by atoms with E-state index in [9.17, 15) is 4.79 Å². The lowest BCUT2D eigenvalue weighted by atomic mass is 10.00. The predicted molar refractivity (Wildman–Crippen MR) is 124 cm³/mol. The number of hydrogen-bond acceptors (Lipinski definition) is 5. The average Bonchev–Trinajstić information content (AvgIpc) is 3.56. The lowest BCUT2D eigenvalue weighted by molar-refractivity contribution is 0.104. The smallest absolute Gasteiger partial charge is 0.414 e. The van der Waals surface area contributed by atoms with Crippen molar-refractivity contribution in [3.8, 4) is 0 Å². The van der Waals surface area contributed by atoms with Gasteiger partial charge < -0.3 is 20.3 Å². The largest absolute Gasteiger partial charge is 0.449 e. The molecule has 2 aromatic rings. The van der Waals surface area contributed by atoms with E-state index < -0.39 is 0 Å². The Kier molecular flexibility index (Phi) is 6.09. The van der Waals surface area contributed by atoms with Gasteiger partial charge in [0.1, 0.15) is 0 Å². The second-order valence-electron chi connectivity index (χ2n) is 8.99. The van der Waals surface area contributed by atoms with E-state index in [2.05, 4.69) is 45.9 Å². The van der Waals surface area contributed by atoms with Crippen LogP contribution >= 0.6 is 0 Å². The molecule has 0 bridgehead atoms. The molecule has 0 radical (unpaired) electrons. The van der Waals surface area contributed by atoms with E-state index in [4.69, 9.17) is 4.74 Å². The molecule has 31 heavy (non-hydrogen) atoms. The molecule has 6 nitrogen and oxygen atoms in total. The minimum atomic E-state index is -0.244. The Labute approximate surface area is 184 Å². The number of cyclic esters (lactones) is 1.